The third-order valence-corrected chi connectivity index (χ3v) is 2.33. The molecule has 0 fully saturated rings. The number of hydrogen-bond donors (Lipinski definition) is 2. The van der Waals surface area contributed by atoms with Gasteiger partial charge in [-0.3, -0.25) is 0 Å². The van der Waals surface area contributed by atoms with Crippen LogP contribution in [-0.4, -0.2) is 17.3 Å². The normalized spacial score (nSPS) is 9.94. The molecule has 0 saturated carbocycles. The highest BCUT2D eigenvalue weighted by atomic mass is 16.5. The van der Waals surface area contributed by atoms with Crippen LogP contribution < -0.4 is 15.8 Å². The van der Waals surface area contributed by atoms with Gasteiger partial charge in [-0.25, -0.2) is 0 Å². The highest BCUT2D eigenvalue weighted by Crippen LogP contribution is 2.25. The fourth-order valence-electron chi connectivity index (χ4n) is 1.44. The van der Waals surface area contributed by atoms with E-state index >= 15 is 0 Å². The molecule has 0 aliphatic rings. The van der Waals surface area contributed by atoms with Crippen LogP contribution in [0.1, 0.15) is 5.69 Å². The molecule has 88 valence electrons. The van der Waals surface area contributed by atoms with Crippen molar-refractivity contribution in [1.29, 1.82) is 0 Å². The molecule has 0 aliphatic heterocycles. The molecule has 0 saturated heterocycles. The summed E-state index contributed by atoms with van der Waals surface area (Å²) in [5.74, 6) is 0.661. The molecule has 0 bridgehead atoms. The second-order valence-corrected chi connectivity index (χ2v) is 3.53. The van der Waals surface area contributed by atoms with Crippen molar-refractivity contribution in [2.45, 2.75) is 6.54 Å². The lowest BCUT2D eigenvalue weighted by molar-refractivity contribution is 0.417. The molecule has 17 heavy (non-hydrogen) atoms. The number of rotatable bonds is 4. The Morgan fingerprint density at radius 1 is 1.35 bits per heavy atom. The molecule has 2 rings (SSSR count). The van der Waals surface area contributed by atoms with Crippen molar-refractivity contribution in [3.05, 3.63) is 42.2 Å². The van der Waals surface area contributed by atoms with E-state index in [-0.39, 0.29) is 0 Å². The molecule has 3 N–H and O–H groups in total. The van der Waals surface area contributed by atoms with E-state index in [4.69, 9.17) is 10.5 Å². The number of nitrogens with one attached hydrogen (secondary N) is 1. The summed E-state index contributed by atoms with van der Waals surface area (Å²) in [6, 6.07) is 9.32. The number of nitrogens with two attached hydrogens (primary N) is 1. The van der Waals surface area contributed by atoms with E-state index in [0.29, 0.717) is 18.0 Å². The number of aromatic nitrogens is 2. The number of nitrogens with zero attached hydrogens (tertiary/aromatic N) is 2. The number of nitrogen functional groups attached to an aromatic ring is 1. The largest absolute Gasteiger partial charge is 0.495 e. The maximum Gasteiger partial charge on any atom is 0.143 e. The van der Waals surface area contributed by atoms with Crippen molar-refractivity contribution >= 4 is 11.4 Å². The minimum atomic E-state index is 0.612. The van der Waals surface area contributed by atoms with Gasteiger partial charge in [0, 0.05) is 18.0 Å². The van der Waals surface area contributed by atoms with Gasteiger partial charge in [0.15, 0.2) is 0 Å². The number of hydrogen-bond acceptors (Lipinski definition) is 5. The molecule has 5 heteroatoms. The predicted molar refractivity (Wildman–Crippen MR) is 66.8 cm³/mol. The molecule has 0 aliphatic carbocycles. The van der Waals surface area contributed by atoms with Crippen molar-refractivity contribution in [1.82, 2.24) is 10.2 Å². The highest BCUT2D eigenvalue weighted by Gasteiger charge is 2.01. The first-order valence-electron chi connectivity index (χ1n) is 5.23. The van der Waals surface area contributed by atoms with Crippen LogP contribution in [0.2, 0.25) is 0 Å². The zero-order valence-corrected chi connectivity index (χ0v) is 9.55. The van der Waals surface area contributed by atoms with E-state index in [0.717, 1.165) is 11.4 Å². The average Bonchev–Trinajstić information content (AvgIpc) is 2.39. The summed E-state index contributed by atoms with van der Waals surface area (Å²) in [5, 5.41) is 11.0. The van der Waals surface area contributed by atoms with E-state index < -0.39 is 0 Å². The maximum absolute atomic E-state index is 5.73. The minimum absolute atomic E-state index is 0.612. The predicted octanol–water partition coefficient (Wildman–Crippen LogP) is 1.68. The standard InChI is InChI=1S/C12H14N4O/c1-17-12-7-9(4-5-11(12)13)14-8-10-3-2-6-15-16-10/h2-7,14H,8,13H2,1H3. The first-order chi connectivity index (χ1) is 8.29. The Balaban J connectivity index is 2.04. The van der Waals surface area contributed by atoms with Gasteiger partial charge in [0.25, 0.3) is 0 Å². The summed E-state index contributed by atoms with van der Waals surface area (Å²) < 4.78 is 5.14. The molecular formula is C12H14N4O. The van der Waals surface area contributed by atoms with Crippen LogP contribution in [0.5, 0.6) is 5.75 Å². The van der Waals surface area contributed by atoms with Gasteiger partial charge in [-0.05, 0) is 24.3 Å². The molecular weight excluding hydrogens is 216 g/mol. The minimum Gasteiger partial charge on any atom is -0.495 e. The SMILES string of the molecule is COc1cc(NCc2cccnn2)ccc1N. The smallest absolute Gasteiger partial charge is 0.143 e. The average molecular weight is 230 g/mol. The maximum atomic E-state index is 5.73. The molecule has 1 aromatic carbocycles. The third-order valence-electron chi connectivity index (χ3n) is 2.33. The topological polar surface area (TPSA) is 73.1 Å². The Hall–Kier alpha value is -2.30. The van der Waals surface area contributed by atoms with Gasteiger partial charge in [-0.2, -0.15) is 10.2 Å². The summed E-state index contributed by atoms with van der Waals surface area (Å²) in [6.45, 7) is 0.612. The lowest BCUT2D eigenvalue weighted by Gasteiger charge is -2.09. The van der Waals surface area contributed by atoms with Crippen molar-refractivity contribution in [2.24, 2.45) is 0 Å². The summed E-state index contributed by atoms with van der Waals surface area (Å²) >= 11 is 0. The van der Waals surface area contributed by atoms with E-state index in [9.17, 15) is 0 Å². The molecule has 5 nitrogen and oxygen atoms in total. The molecule has 1 heterocycles. The number of benzene rings is 1. The summed E-state index contributed by atoms with van der Waals surface area (Å²) in [6.07, 6.45) is 1.65. The molecule has 0 amide bonds. The van der Waals surface area contributed by atoms with Crippen LogP contribution in [-0.2, 0) is 6.54 Å². The van der Waals surface area contributed by atoms with E-state index in [1.54, 1.807) is 19.4 Å². The lowest BCUT2D eigenvalue weighted by Crippen LogP contribution is -2.03. The Bertz CT molecular complexity index is 487. The lowest BCUT2D eigenvalue weighted by atomic mass is 10.2. The number of anilines is 2. The van der Waals surface area contributed by atoms with Crippen molar-refractivity contribution in [3.8, 4) is 5.75 Å². The van der Waals surface area contributed by atoms with E-state index in [1.807, 2.05) is 24.3 Å². The Morgan fingerprint density at radius 3 is 2.94 bits per heavy atom. The van der Waals surface area contributed by atoms with Crippen LogP contribution in [0, 0.1) is 0 Å². The molecule has 0 spiro atoms. The molecule has 0 atom stereocenters. The second-order valence-electron chi connectivity index (χ2n) is 3.53. The fourth-order valence-corrected chi connectivity index (χ4v) is 1.44. The Kier molecular flexibility index (Phi) is 3.40. The summed E-state index contributed by atoms with van der Waals surface area (Å²) in [5.41, 5.74) is 8.17. The van der Waals surface area contributed by atoms with Gasteiger partial charge >= 0.3 is 0 Å². The van der Waals surface area contributed by atoms with Gasteiger partial charge in [0.05, 0.1) is 25.0 Å². The summed E-state index contributed by atoms with van der Waals surface area (Å²) in [4.78, 5) is 0. The molecule has 1 aromatic heterocycles. The zero-order valence-electron chi connectivity index (χ0n) is 9.55. The van der Waals surface area contributed by atoms with Gasteiger partial charge in [-0.1, -0.05) is 0 Å². The van der Waals surface area contributed by atoms with Crippen LogP contribution >= 0.6 is 0 Å². The third kappa shape index (κ3) is 2.84. The zero-order chi connectivity index (χ0) is 12.1. The van der Waals surface area contributed by atoms with Gasteiger partial charge in [-0.15, -0.1) is 0 Å². The van der Waals surface area contributed by atoms with Gasteiger partial charge < -0.3 is 15.8 Å². The van der Waals surface area contributed by atoms with Crippen LogP contribution in [0.4, 0.5) is 11.4 Å². The first kappa shape index (κ1) is 11.2. The fraction of sp³-hybridized carbons (Fsp3) is 0.167. The van der Waals surface area contributed by atoms with Crippen molar-refractivity contribution in [3.63, 3.8) is 0 Å². The monoisotopic (exact) mass is 230 g/mol. The second kappa shape index (κ2) is 5.16. The Labute approximate surface area is 99.6 Å². The van der Waals surface area contributed by atoms with Crippen LogP contribution in [0.3, 0.4) is 0 Å². The van der Waals surface area contributed by atoms with Gasteiger partial charge in [0.2, 0.25) is 0 Å². The molecule has 0 unspecified atom stereocenters. The van der Waals surface area contributed by atoms with E-state index in [2.05, 4.69) is 15.5 Å². The molecule has 2 aromatic rings. The first-order valence-corrected chi connectivity index (χ1v) is 5.23. The quantitative estimate of drug-likeness (QED) is 0.782. The van der Waals surface area contributed by atoms with Crippen LogP contribution in [0.15, 0.2) is 36.5 Å². The summed E-state index contributed by atoms with van der Waals surface area (Å²) in [7, 11) is 1.60. The number of methoxy groups -OCH3 is 1. The van der Waals surface area contributed by atoms with Gasteiger partial charge in [0.1, 0.15) is 5.75 Å². The molecule has 0 radical (unpaired) electrons. The van der Waals surface area contributed by atoms with Crippen molar-refractivity contribution < 1.29 is 4.74 Å². The van der Waals surface area contributed by atoms with E-state index in [1.165, 1.54) is 0 Å². The number of ether oxygens (including phenoxy) is 1. The highest BCUT2D eigenvalue weighted by molar-refractivity contribution is 5.61. The Morgan fingerprint density at radius 2 is 2.24 bits per heavy atom. The van der Waals surface area contributed by atoms with Crippen LogP contribution in [0.25, 0.3) is 0 Å². The van der Waals surface area contributed by atoms with Crippen molar-refractivity contribution in [2.75, 3.05) is 18.2 Å².